The average molecular weight is 562 g/mol. The molecule has 1 N–H and O–H groups in total. The van der Waals surface area contributed by atoms with Gasteiger partial charge in [-0.25, -0.2) is 9.59 Å². The van der Waals surface area contributed by atoms with E-state index in [1.165, 1.54) is 37.7 Å². The summed E-state index contributed by atoms with van der Waals surface area (Å²) in [6.45, 7) is 9.09. The van der Waals surface area contributed by atoms with Gasteiger partial charge in [0.15, 0.2) is 0 Å². The molecule has 2 aromatic carbocycles. The standard InChI is InChI=1S/C36H51NO4/c1-5-6-7-8-9-10-11-18-23-32(37-35(39)40-27-29-19-14-12-15-20-29)34(38)41-33-26-28(2)24-25-31(33)36(3,4)30-21-16-13-17-22-30/h12-17,19-23,28,31,33H,5-11,18,24-27H2,1-4H3,(H,37,39)/b32-23-/t28-,31-,33-/m1/s1. The van der Waals surface area contributed by atoms with Crippen LogP contribution in [0.4, 0.5) is 4.79 Å². The second kappa shape index (κ2) is 17.0. The molecule has 1 aliphatic carbocycles. The lowest BCUT2D eigenvalue weighted by atomic mass is 9.64. The number of hydrogen-bond acceptors (Lipinski definition) is 4. The molecule has 41 heavy (non-hydrogen) atoms. The molecule has 3 atom stereocenters. The fourth-order valence-corrected chi connectivity index (χ4v) is 5.97. The highest BCUT2D eigenvalue weighted by atomic mass is 16.6. The van der Waals surface area contributed by atoms with Gasteiger partial charge in [-0.2, -0.15) is 0 Å². The predicted octanol–water partition coefficient (Wildman–Crippen LogP) is 9.26. The smallest absolute Gasteiger partial charge is 0.412 e. The van der Waals surface area contributed by atoms with Crippen molar-refractivity contribution in [3.63, 3.8) is 0 Å². The Bertz CT molecular complexity index is 1080. The Kier molecular flexibility index (Phi) is 13.5. The van der Waals surface area contributed by atoms with E-state index in [0.29, 0.717) is 12.3 Å². The summed E-state index contributed by atoms with van der Waals surface area (Å²) in [5, 5.41) is 2.72. The molecule has 224 valence electrons. The van der Waals surface area contributed by atoms with E-state index in [2.05, 4.69) is 57.3 Å². The van der Waals surface area contributed by atoms with Gasteiger partial charge in [0.25, 0.3) is 0 Å². The fraction of sp³-hybridized carbons (Fsp3) is 0.556. The Hall–Kier alpha value is -3.08. The Labute approximate surface area is 248 Å². The monoisotopic (exact) mass is 561 g/mol. The highest BCUT2D eigenvalue weighted by Gasteiger charge is 2.42. The van der Waals surface area contributed by atoms with Gasteiger partial charge in [0, 0.05) is 5.92 Å². The van der Waals surface area contributed by atoms with Crippen molar-refractivity contribution in [2.45, 2.75) is 116 Å². The molecular weight excluding hydrogens is 510 g/mol. The zero-order valence-corrected chi connectivity index (χ0v) is 25.7. The highest BCUT2D eigenvalue weighted by Crippen LogP contribution is 2.43. The second-order valence-electron chi connectivity index (χ2n) is 12.3. The largest absolute Gasteiger partial charge is 0.457 e. The van der Waals surface area contributed by atoms with E-state index in [-0.39, 0.29) is 29.7 Å². The maximum atomic E-state index is 13.6. The molecule has 1 aliphatic rings. The molecule has 5 nitrogen and oxygen atoms in total. The zero-order chi connectivity index (χ0) is 29.5. The van der Waals surface area contributed by atoms with Crippen LogP contribution in [0, 0.1) is 11.8 Å². The molecule has 0 aromatic heterocycles. The van der Waals surface area contributed by atoms with Crippen LogP contribution in [0.3, 0.4) is 0 Å². The van der Waals surface area contributed by atoms with Crippen LogP contribution in [0.25, 0.3) is 0 Å². The van der Waals surface area contributed by atoms with E-state index in [4.69, 9.17) is 9.47 Å². The molecule has 1 amide bonds. The number of rotatable bonds is 15. The van der Waals surface area contributed by atoms with Crippen LogP contribution < -0.4 is 5.32 Å². The van der Waals surface area contributed by atoms with Gasteiger partial charge in [0.1, 0.15) is 18.4 Å². The van der Waals surface area contributed by atoms with Crippen molar-refractivity contribution in [1.82, 2.24) is 5.32 Å². The number of hydrogen-bond donors (Lipinski definition) is 1. The maximum Gasteiger partial charge on any atom is 0.412 e. The number of alkyl carbamates (subject to hydrolysis) is 1. The molecule has 5 heteroatoms. The van der Waals surface area contributed by atoms with Crippen LogP contribution in [-0.4, -0.2) is 18.2 Å². The normalized spacial score (nSPS) is 19.4. The molecule has 0 unspecified atom stereocenters. The first-order valence-electron chi connectivity index (χ1n) is 15.8. The fourth-order valence-electron chi connectivity index (χ4n) is 5.97. The lowest BCUT2D eigenvalue weighted by Crippen LogP contribution is -2.44. The first-order valence-corrected chi connectivity index (χ1v) is 15.8. The lowest BCUT2D eigenvalue weighted by molar-refractivity contribution is -0.152. The van der Waals surface area contributed by atoms with Crippen LogP contribution in [0.1, 0.15) is 109 Å². The van der Waals surface area contributed by atoms with Crippen LogP contribution in [-0.2, 0) is 26.3 Å². The summed E-state index contributed by atoms with van der Waals surface area (Å²) in [6, 6.07) is 20.0. The van der Waals surface area contributed by atoms with Crippen molar-refractivity contribution in [2.24, 2.45) is 11.8 Å². The predicted molar refractivity (Wildman–Crippen MR) is 166 cm³/mol. The molecular formula is C36H51NO4. The summed E-state index contributed by atoms with van der Waals surface area (Å²) < 4.78 is 11.7. The number of carbonyl (C=O) groups excluding carboxylic acids is 2. The van der Waals surface area contributed by atoms with Gasteiger partial charge in [0.05, 0.1) is 0 Å². The van der Waals surface area contributed by atoms with Gasteiger partial charge in [-0.3, -0.25) is 5.32 Å². The SMILES string of the molecule is CCCCCCCCC/C=C(\NC(=O)OCc1ccccc1)C(=O)O[C@@H]1C[C@H](C)CC[C@H]1C(C)(C)c1ccccc1. The first-order chi connectivity index (χ1) is 19.8. The summed E-state index contributed by atoms with van der Waals surface area (Å²) in [5.41, 5.74) is 2.17. The van der Waals surface area contributed by atoms with Crippen LogP contribution in [0.2, 0.25) is 0 Å². The van der Waals surface area contributed by atoms with Crippen molar-refractivity contribution in [3.05, 3.63) is 83.6 Å². The molecule has 2 aromatic rings. The van der Waals surface area contributed by atoms with Crippen molar-refractivity contribution in [2.75, 3.05) is 0 Å². The third-order valence-corrected chi connectivity index (χ3v) is 8.58. The number of unbranched alkanes of at least 4 members (excludes halogenated alkanes) is 7. The van der Waals surface area contributed by atoms with Gasteiger partial charge in [-0.1, -0.05) is 139 Å². The minimum atomic E-state index is -0.644. The van der Waals surface area contributed by atoms with E-state index in [9.17, 15) is 9.59 Å². The van der Waals surface area contributed by atoms with Gasteiger partial charge >= 0.3 is 12.1 Å². The Morgan fingerprint density at radius 3 is 2.22 bits per heavy atom. The molecule has 0 aliphatic heterocycles. The Balaban J connectivity index is 1.68. The van der Waals surface area contributed by atoms with Crippen LogP contribution in [0.15, 0.2) is 72.4 Å². The van der Waals surface area contributed by atoms with E-state index in [1.54, 1.807) is 0 Å². The number of allylic oxidation sites excluding steroid dienone is 1. The van der Waals surface area contributed by atoms with Crippen molar-refractivity contribution in [3.8, 4) is 0 Å². The van der Waals surface area contributed by atoms with Gasteiger partial charge in [-0.05, 0) is 48.1 Å². The molecule has 0 bridgehead atoms. The number of nitrogens with one attached hydrogen (secondary N) is 1. The van der Waals surface area contributed by atoms with Crippen molar-refractivity contribution >= 4 is 12.1 Å². The number of esters is 1. The minimum absolute atomic E-state index is 0.139. The number of benzene rings is 2. The van der Waals surface area contributed by atoms with Crippen LogP contribution in [0.5, 0.6) is 0 Å². The van der Waals surface area contributed by atoms with Gasteiger partial charge < -0.3 is 9.47 Å². The quantitative estimate of drug-likeness (QED) is 0.134. The third-order valence-electron chi connectivity index (χ3n) is 8.58. The molecule has 1 saturated carbocycles. The Morgan fingerprint density at radius 1 is 0.902 bits per heavy atom. The van der Waals surface area contributed by atoms with Crippen LogP contribution >= 0.6 is 0 Å². The van der Waals surface area contributed by atoms with Gasteiger partial charge in [0.2, 0.25) is 0 Å². The lowest BCUT2D eigenvalue weighted by Gasteiger charge is -2.44. The van der Waals surface area contributed by atoms with E-state index >= 15 is 0 Å². The van der Waals surface area contributed by atoms with E-state index < -0.39 is 12.1 Å². The summed E-state index contributed by atoms with van der Waals surface area (Å²) >= 11 is 0. The number of carbonyl (C=O) groups is 2. The zero-order valence-electron chi connectivity index (χ0n) is 25.7. The maximum absolute atomic E-state index is 13.6. The topological polar surface area (TPSA) is 64.6 Å². The molecule has 1 fully saturated rings. The molecule has 0 radical (unpaired) electrons. The third kappa shape index (κ3) is 10.7. The summed E-state index contributed by atoms with van der Waals surface area (Å²) in [6.07, 6.45) is 12.9. The minimum Gasteiger partial charge on any atom is -0.457 e. The second-order valence-corrected chi connectivity index (χ2v) is 12.3. The van der Waals surface area contributed by atoms with Crippen molar-refractivity contribution in [1.29, 1.82) is 0 Å². The molecule has 0 heterocycles. The Morgan fingerprint density at radius 2 is 1.54 bits per heavy atom. The molecule has 0 saturated heterocycles. The number of amides is 1. The summed E-state index contributed by atoms with van der Waals surface area (Å²) in [7, 11) is 0. The summed E-state index contributed by atoms with van der Waals surface area (Å²) in [4.78, 5) is 26.4. The van der Waals surface area contributed by atoms with E-state index in [1.807, 2.05) is 42.5 Å². The van der Waals surface area contributed by atoms with E-state index in [0.717, 1.165) is 37.7 Å². The molecule has 3 rings (SSSR count). The van der Waals surface area contributed by atoms with Crippen molar-refractivity contribution < 1.29 is 19.1 Å². The first kappa shape index (κ1) is 32.4. The average Bonchev–Trinajstić information content (AvgIpc) is 2.97. The highest BCUT2D eigenvalue weighted by molar-refractivity contribution is 5.92. The number of ether oxygens (including phenoxy) is 2. The van der Waals surface area contributed by atoms with Gasteiger partial charge in [-0.15, -0.1) is 0 Å². The summed E-state index contributed by atoms with van der Waals surface area (Å²) in [5.74, 6) is 0.177. The molecule has 0 spiro atoms.